The highest BCUT2D eigenvalue weighted by atomic mass is 35.5. The number of hydrogen-bond acceptors (Lipinski definition) is 5. The molecule has 3 rings (SSSR count). The fourth-order valence-electron chi connectivity index (χ4n) is 3.98. The monoisotopic (exact) mass is 394 g/mol. The molecule has 2 aliphatic heterocycles. The van der Waals surface area contributed by atoms with Crippen molar-refractivity contribution >= 4 is 23.5 Å². The van der Waals surface area contributed by atoms with Crippen LogP contribution in [-0.4, -0.2) is 65.5 Å². The van der Waals surface area contributed by atoms with E-state index in [9.17, 15) is 9.59 Å². The Morgan fingerprint density at radius 2 is 2.04 bits per heavy atom. The number of rotatable bonds is 5. The smallest absolute Gasteiger partial charge is 0.317 e. The maximum Gasteiger partial charge on any atom is 0.317 e. The molecule has 1 aromatic carbocycles. The van der Waals surface area contributed by atoms with Gasteiger partial charge in [0.05, 0.1) is 6.54 Å². The number of benzene rings is 1. The zero-order valence-corrected chi connectivity index (χ0v) is 16.3. The van der Waals surface area contributed by atoms with E-state index in [4.69, 9.17) is 16.7 Å². The van der Waals surface area contributed by atoms with Gasteiger partial charge in [-0.05, 0) is 44.4 Å². The third-order valence-corrected chi connectivity index (χ3v) is 5.84. The molecule has 0 aliphatic carbocycles. The Kier molecular flexibility index (Phi) is 6.70. The summed E-state index contributed by atoms with van der Waals surface area (Å²) in [6.07, 6.45) is 3.24. The summed E-state index contributed by atoms with van der Waals surface area (Å²) in [5, 5.41) is 9.67. The Balaban J connectivity index is 1.55. The Morgan fingerprint density at radius 1 is 1.26 bits per heavy atom. The van der Waals surface area contributed by atoms with Gasteiger partial charge < -0.3 is 10.0 Å². The van der Waals surface area contributed by atoms with Crippen LogP contribution >= 0.6 is 11.6 Å². The van der Waals surface area contributed by atoms with Gasteiger partial charge in [-0.2, -0.15) is 0 Å². The molecular weight excluding hydrogens is 368 g/mol. The second-order valence-corrected chi connectivity index (χ2v) is 7.78. The van der Waals surface area contributed by atoms with Crippen LogP contribution in [0.25, 0.3) is 0 Å². The first kappa shape index (κ1) is 20.1. The van der Waals surface area contributed by atoms with Gasteiger partial charge in [-0.1, -0.05) is 29.8 Å². The Labute approximate surface area is 164 Å². The van der Waals surface area contributed by atoms with Crippen LogP contribution in [0.2, 0.25) is 5.02 Å². The summed E-state index contributed by atoms with van der Waals surface area (Å²) in [6.45, 7) is 1.40. The second-order valence-electron chi connectivity index (χ2n) is 7.37. The van der Waals surface area contributed by atoms with E-state index in [-0.39, 0.29) is 30.6 Å². The van der Waals surface area contributed by atoms with Crippen LogP contribution < -0.4 is 10.9 Å². The van der Waals surface area contributed by atoms with Crippen LogP contribution in [0.5, 0.6) is 0 Å². The average molecular weight is 395 g/mol. The predicted octanol–water partition coefficient (Wildman–Crippen LogP) is 1.65. The van der Waals surface area contributed by atoms with Crippen molar-refractivity contribution in [3.63, 3.8) is 0 Å². The molecule has 2 fully saturated rings. The van der Waals surface area contributed by atoms with Crippen LogP contribution in [0.1, 0.15) is 37.3 Å². The zero-order valence-electron chi connectivity index (χ0n) is 15.5. The number of carbonyl (C=O) groups is 2. The molecule has 0 spiro atoms. The molecule has 1 aromatic rings. The summed E-state index contributed by atoms with van der Waals surface area (Å²) < 4.78 is 0. The lowest BCUT2D eigenvalue weighted by molar-refractivity contribution is -0.138. The largest absolute Gasteiger partial charge is 0.480 e. The lowest BCUT2D eigenvalue weighted by Gasteiger charge is -2.26. The maximum atomic E-state index is 13.0. The van der Waals surface area contributed by atoms with Crippen molar-refractivity contribution in [3.05, 3.63) is 34.9 Å². The number of nitrogens with one attached hydrogen (secondary N) is 2. The van der Waals surface area contributed by atoms with Crippen LogP contribution in [0.15, 0.2) is 24.3 Å². The highest BCUT2D eigenvalue weighted by Gasteiger charge is 2.34. The number of nitrogens with zero attached hydrogens (tertiary/aromatic N) is 2. The SMILES string of the molecule is CN(CC(=O)O)C1CCCN(C(=O)C2CC(c3ccccc3Cl)NN2)CC1. The molecule has 3 atom stereocenters. The van der Waals surface area contributed by atoms with Crippen molar-refractivity contribution < 1.29 is 14.7 Å². The van der Waals surface area contributed by atoms with E-state index in [2.05, 4.69) is 10.9 Å². The van der Waals surface area contributed by atoms with E-state index >= 15 is 0 Å². The van der Waals surface area contributed by atoms with Gasteiger partial charge in [-0.3, -0.25) is 14.5 Å². The molecule has 27 heavy (non-hydrogen) atoms. The van der Waals surface area contributed by atoms with Crippen molar-refractivity contribution in [2.75, 3.05) is 26.7 Å². The predicted molar refractivity (Wildman–Crippen MR) is 103 cm³/mol. The molecule has 0 bridgehead atoms. The first-order valence-electron chi connectivity index (χ1n) is 9.42. The van der Waals surface area contributed by atoms with Gasteiger partial charge in [0.1, 0.15) is 6.04 Å². The minimum Gasteiger partial charge on any atom is -0.480 e. The molecule has 2 saturated heterocycles. The van der Waals surface area contributed by atoms with Crippen molar-refractivity contribution in [1.29, 1.82) is 0 Å². The quantitative estimate of drug-likeness (QED) is 0.704. The highest BCUT2D eigenvalue weighted by Crippen LogP contribution is 2.29. The fraction of sp³-hybridized carbons (Fsp3) is 0.579. The number of carbonyl (C=O) groups excluding carboxylic acids is 1. The Hall–Kier alpha value is -1.67. The molecule has 8 heteroatoms. The highest BCUT2D eigenvalue weighted by molar-refractivity contribution is 6.31. The van der Waals surface area contributed by atoms with Crippen LogP contribution in [0, 0.1) is 0 Å². The molecule has 0 radical (unpaired) electrons. The molecule has 3 N–H and O–H groups in total. The number of hydrogen-bond donors (Lipinski definition) is 3. The summed E-state index contributed by atoms with van der Waals surface area (Å²) in [7, 11) is 1.84. The summed E-state index contributed by atoms with van der Waals surface area (Å²) in [5.74, 6) is -0.722. The van der Waals surface area contributed by atoms with E-state index in [0.29, 0.717) is 24.5 Å². The number of hydrazine groups is 1. The van der Waals surface area contributed by atoms with E-state index in [1.807, 2.05) is 41.1 Å². The average Bonchev–Trinajstić information content (AvgIpc) is 2.98. The van der Waals surface area contributed by atoms with Crippen molar-refractivity contribution in [2.24, 2.45) is 0 Å². The summed E-state index contributed by atoms with van der Waals surface area (Å²) in [6, 6.07) is 7.60. The number of likely N-dealkylation sites (N-methyl/N-ethyl adjacent to an activating group) is 1. The normalized spacial score (nSPS) is 26.2. The first-order chi connectivity index (χ1) is 13.0. The molecule has 148 valence electrons. The first-order valence-corrected chi connectivity index (χ1v) is 9.80. The zero-order chi connectivity index (χ0) is 19.4. The number of amides is 1. The van der Waals surface area contributed by atoms with Gasteiger partial charge in [-0.25, -0.2) is 10.9 Å². The lowest BCUT2D eigenvalue weighted by atomic mass is 10.0. The Morgan fingerprint density at radius 3 is 2.78 bits per heavy atom. The van der Waals surface area contributed by atoms with E-state index in [1.54, 1.807) is 0 Å². The second kappa shape index (κ2) is 9.01. The van der Waals surface area contributed by atoms with Crippen molar-refractivity contribution in [3.8, 4) is 0 Å². The molecule has 2 heterocycles. The van der Waals surface area contributed by atoms with Gasteiger partial charge in [0, 0.05) is 30.2 Å². The van der Waals surface area contributed by atoms with Gasteiger partial charge in [0.15, 0.2) is 0 Å². The minimum atomic E-state index is -0.818. The fourth-order valence-corrected chi connectivity index (χ4v) is 4.25. The molecule has 3 unspecified atom stereocenters. The number of carboxylic acid groups (broad SMARTS) is 1. The summed E-state index contributed by atoms with van der Waals surface area (Å²) >= 11 is 6.27. The number of carboxylic acids is 1. The van der Waals surface area contributed by atoms with Gasteiger partial charge in [0.2, 0.25) is 5.91 Å². The van der Waals surface area contributed by atoms with E-state index < -0.39 is 5.97 Å². The summed E-state index contributed by atoms with van der Waals surface area (Å²) in [4.78, 5) is 27.7. The maximum absolute atomic E-state index is 13.0. The topological polar surface area (TPSA) is 84.9 Å². The molecule has 2 aliphatic rings. The van der Waals surface area contributed by atoms with E-state index in [1.165, 1.54) is 0 Å². The Bertz CT molecular complexity index is 687. The molecular formula is C19H27ClN4O3. The van der Waals surface area contributed by atoms with Crippen LogP contribution in [0.3, 0.4) is 0 Å². The van der Waals surface area contributed by atoms with E-state index in [0.717, 1.165) is 24.8 Å². The molecule has 0 aromatic heterocycles. The van der Waals surface area contributed by atoms with Crippen molar-refractivity contribution in [2.45, 2.75) is 43.8 Å². The number of aliphatic carboxylic acids is 1. The molecule has 0 saturated carbocycles. The molecule has 1 amide bonds. The number of likely N-dealkylation sites (tertiary alicyclic amines) is 1. The van der Waals surface area contributed by atoms with Gasteiger partial charge in [0.25, 0.3) is 0 Å². The number of halogens is 1. The minimum absolute atomic E-state index is 0.00840. The van der Waals surface area contributed by atoms with Crippen molar-refractivity contribution in [1.82, 2.24) is 20.7 Å². The third kappa shape index (κ3) is 4.99. The van der Waals surface area contributed by atoms with Crippen LogP contribution in [0.4, 0.5) is 0 Å². The summed E-state index contributed by atoms with van der Waals surface area (Å²) in [5.41, 5.74) is 7.31. The van der Waals surface area contributed by atoms with Gasteiger partial charge >= 0.3 is 5.97 Å². The van der Waals surface area contributed by atoms with Crippen LogP contribution in [-0.2, 0) is 9.59 Å². The third-order valence-electron chi connectivity index (χ3n) is 5.50. The molecule has 7 nitrogen and oxygen atoms in total. The lowest BCUT2D eigenvalue weighted by Crippen LogP contribution is -2.46. The standard InChI is InChI=1S/C19H27ClN4O3/c1-23(12-18(25)26)13-5-4-9-24(10-8-13)19(27)17-11-16(21-22-17)14-6-2-3-7-15(14)20/h2-3,6-7,13,16-17,21-22H,4-5,8-12H2,1H3,(H,25,26). The van der Waals surface area contributed by atoms with Gasteiger partial charge in [-0.15, -0.1) is 0 Å².